The summed E-state index contributed by atoms with van der Waals surface area (Å²) in [6, 6.07) is 6.87. The summed E-state index contributed by atoms with van der Waals surface area (Å²) in [5.74, 6) is -3.30. The summed E-state index contributed by atoms with van der Waals surface area (Å²) in [4.78, 5) is 57.4. The minimum Gasteiger partial charge on any atom is -0.391 e. The lowest BCUT2D eigenvalue weighted by atomic mass is 9.76. The number of primary amides is 2. The molecule has 1 fully saturated rings. The molecule has 2 heterocycles. The molecule has 1 aromatic carbocycles. The average molecular weight is 722 g/mol. The average Bonchev–Trinajstić information content (AvgIpc) is 3.67. The topological polar surface area (TPSA) is 215 Å². The third-order valence-electron chi connectivity index (χ3n) is 7.96. The molecule has 1 aromatic heterocycles. The van der Waals surface area contributed by atoms with E-state index in [1.807, 2.05) is 31.2 Å². The number of hydrogen-bond acceptors (Lipinski definition) is 12. The molecule has 50 heavy (non-hydrogen) atoms. The number of rotatable bonds is 22. The lowest BCUT2D eigenvalue weighted by Crippen LogP contribution is -2.55. The maximum atomic E-state index is 14.1. The molecule has 3 rings (SSSR count). The van der Waals surface area contributed by atoms with E-state index in [4.69, 9.17) is 35.2 Å². The monoisotopic (exact) mass is 721 g/mol. The number of aliphatic hydroxyl groups is 1. The van der Waals surface area contributed by atoms with E-state index in [2.05, 4.69) is 10.3 Å². The molecule has 0 bridgehead atoms. The van der Waals surface area contributed by atoms with Crippen LogP contribution in [0.1, 0.15) is 38.4 Å². The van der Waals surface area contributed by atoms with Crippen molar-refractivity contribution in [1.29, 1.82) is 0 Å². The maximum absolute atomic E-state index is 14.1. The Hall–Kier alpha value is -3.51. The largest absolute Gasteiger partial charge is 0.391 e. The van der Waals surface area contributed by atoms with E-state index in [0.717, 1.165) is 21.7 Å². The SMILES string of the molecule is Cc1ncsc1-c1ccc(CNC(=O)[C@@H]2C[C@@H](O)CN2C(=O)[C@H](C(OCCOCCOCCOCCOCC(N)=O)C(N)=O)C(C)(C)C)cc1. The smallest absolute Gasteiger partial charge is 0.247 e. The molecular formula is C34H51N5O10S. The molecular weight excluding hydrogens is 670 g/mol. The highest BCUT2D eigenvalue weighted by Gasteiger charge is 2.48. The summed E-state index contributed by atoms with van der Waals surface area (Å²) in [6.45, 7) is 9.23. The first-order chi connectivity index (χ1) is 23.8. The van der Waals surface area contributed by atoms with Gasteiger partial charge in [-0.15, -0.1) is 11.3 Å². The predicted molar refractivity (Wildman–Crippen MR) is 185 cm³/mol. The van der Waals surface area contributed by atoms with E-state index in [9.17, 15) is 24.3 Å². The molecule has 6 N–H and O–H groups in total. The molecule has 278 valence electrons. The molecule has 4 amide bonds. The van der Waals surface area contributed by atoms with Gasteiger partial charge >= 0.3 is 0 Å². The van der Waals surface area contributed by atoms with Gasteiger partial charge in [0.25, 0.3) is 0 Å². The first-order valence-corrected chi connectivity index (χ1v) is 17.4. The van der Waals surface area contributed by atoms with E-state index in [-0.39, 0.29) is 52.5 Å². The first kappa shape index (κ1) is 40.9. The zero-order valence-corrected chi connectivity index (χ0v) is 30.1. The number of thiazole rings is 1. The third-order valence-corrected chi connectivity index (χ3v) is 8.94. The van der Waals surface area contributed by atoms with Crippen molar-refractivity contribution >= 4 is 35.0 Å². The molecule has 4 atom stereocenters. The van der Waals surface area contributed by atoms with Crippen LogP contribution >= 0.6 is 11.3 Å². The van der Waals surface area contributed by atoms with Crippen LogP contribution in [0.4, 0.5) is 0 Å². The number of β-amino-alcohol motifs (C(OH)–C–C–N with tert-alkyl or cyclic N) is 1. The number of aromatic nitrogens is 1. The Bertz CT molecular complexity index is 1380. The van der Waals surface area contributed by atoms with E-state index in [1.54, 1.807) is 37.6 Å². The van der Waals surface area contributed by atoms with Gasteiger partial charge in [-0.05, 0) is 23.5 Å². The molecule has 15 nitrogen and oxygen atoms in total. The van der Waals surface area contributed by atoms with E-state index >= 15 is 0 Å². The number of carbonyl (C=O) groups excluding carboxylic acids is 4. The maximum Gasteiger partial charge on any atom is 0.247 e. The number of carbonyl (C=O) groups is 4. The lowest BCUT2D eigenvalue weighted by molar-refractivity contribution is -0.158. The van der Waals surface area contributed by atoms with Crippen molar-refractivity contribution in [3.8, 4) is 10.4 Å². The van der Waals surface area contributed by atoms with E-state index in [0.29, 0.717) is 26.4 Å². The van der Waals surface area contributed by atoms with Crippen molar-refractivity contribution in [2.24, 2.45) is 22.8 Å². The van der Waals surface area contributed by atoms with Gasteiger partial charge in [0.05, 0.1) is 81.0 Å². The van der Waals surface area contributed by atoms with Crippen molar-refractivity contribution in [3.63, 3.8) is 0 Å². The second kappa shape index (κ2) is 20.4. The summed E-state index contributed by atoms with van der Waals surface area (Å²) in [5.41, 5.74) is 14.6. The first-order valence-electron chi connectivity index (χ1n) is 16.6. The minimum atomic E-state index is -1.30. The number of hydrogen-bond donors (Lipinski definition) is 4. The molecule has 0 radical (unpaired) electrons. The zero-order valence-electron chi connectivity index (χ0n) is 29.3. The van der Waals surface area contributed by atoms with Gasteiger partial charge < -0.3 is 50.5 Å². The molecule has 1 unspecified atom stereocenters. The van der Waals surface area contributed by atoms with Crippen LogP contribution in [0.5, 0.6) is 0 Å². The van der Waals surface area contributed by atoms with Gasteiger partial charge in [-0.3, -0.25) is 19.2 Å². The summed E-state index contributed by atoms with van der Waals surface area (Å²) >= 11 is 1.56. The Labute approximate surface area is 296 Å². The number of benzene rings is 1. The standard InChI is InChI=1S/C34H51N5O10S/c1-22-30(50-21-38-22)24-7-5-23(6-8-24)18-37-32(43)26-17-25(40)19-39(26)33(44)28(34(2,3)4)29(31(36)42)49-16-15-47-12-11-45-9-10-46-13-14-48-20-27(35)41/h5-8,21,25-26,28-29,40H,9-20H2,1-4H3,(H2,35,41)(H2,36,42)(H,37,43)/t25-,26+,28+,29?/m1/s1. The van der Waals surface area contributed by atoms with Crippen molar-refractivity contribution in [3.05, 3.63) is 41.0 Å². The van der Waals surface area contributed by atoms with E-state index in [1.165, 1.54) is 4.90 Å². The second-order valence-electron chi connectivity index (χ2n) is 13.0. The molecule has 16 heteroatoms. The normalized spacial score (nSPS) is 17.4. The van der Waals surface area contributed by atoms with Crippen molar-refractivity contribution < 1.29 is 48.0 Å². The highest BCUT2D eigenvalue weighted by molar-refractivity contribution is 7.13. The number of nitrogens with one attached hydrogen (secondary N) is 1. The number of amides is 4. The molecule has 1 saturated heterocycles. The summed E-state index contributed by atoms with van der Waals surface area (Å²) in [5, 5.41) is 13.4. The fourth-order valence-corrected chi connectivity index (χ4v) is 6.32. The fraction of sp³-hybridized carbons (Fsp3) is 0.618. The Kier molecular flexibility index (Phi) is 16.7. The van der Waals surface area contributed by atoms with Gasteiger partial charge in [0, 0.05) is 19.5 Å². The Morgan fingerprint density at radius 1 is 0.960 bits per heavy atom. The van der Waals surface area contributed by atoms with Crippen molar-refractivity contribution in [1.82, 2.24) is 15.2 Å². The quantitative estimate of drug-likeness (QED) is 0.125. The van der Waals surface area contributed by atoms with Crippen LogP contribution in [0.3, 0.4) is 0 Å². The lowest BCUT2D eigenvalue weighted by Gasteiger charge is -2.38. The summed E-state index contributed by atoms with van der Waals surface area (Å²) < 4.78 is 27.1. The van der Waals surface area contributed by atoms with Gasteiger partial charge in [-0.2, -0.15) is 0 Å². The number of ether oxygens (including phenoxy) is 5. The van der Waals surface area contributed by atoms with Crippen molar-refractivity contribution in [2.75, 3.05) is 66.0 Å². The Morgan fingerprint density at radius 2 is 1.54 bits per heavy atom. The molecule has 2 aromatic rings. The molecule has 0 saturated carbocycles. The molecule has 0 aliphatic carbocycles. The predicted octanol–water partition coefficient (Wildman–Crippen LogP) is 0.781. The number of likely N-dealkylation sites (tertiary alicyclic amines) is 1. The number of nitrogens with zero attached hydrogens (tertiary/aromatic N) is 2. The second-order valence-corrected chi connectivity index (χ2v) is 13.8. The fourth-order valence-electron chi connectivity index (χ4n) is 5.51. The molecule has 1 aliphatic heterocycles. The number of aliphatic hydroxyl groups excluding tert-OH is 1. The van der Waals surface area contributed by atoms with Gasteiger partial charge in [-0.1, -0.05) is 45.0 Å². The van der Waals surface area contributed by atoms with Crippen molar-refractivity contribution in [2.45, 2.75) is 58.9 Å². The van der Waals surface area contributed by atoms with Crippen LogP contribution in [0.25, 0.3) is 10.4 Å². The van der Waals surface area contributed by atoms with Gasteiger partial charge in [0.15, 0.2) is 0 Å². The van der Waals surface area contributed by atoms with Crippen LogP contribution in [0, 0.1) is 18.3 Å². The minimum absolute atomic E-state index is 0.0181. The number of aryl methyl sites for hydroxylation is 1. The third kappa shape index (κ3) is 13.0. The Balaban J connectivity index is 1.48. The van der Waals surface area contributed by atoms with Gasteiger partial charge in [0.1, 0.15) is 18.8 Å². The summed E-state index contributed by atoms with van der Waals surface area (Å²) in [6.07, 6.45) is -2.14. The van der Waals surface area contributed by atoms with Crippen LogP contribution < -0.4 is 16.8 Å². The van der Waals surface area contributed by atoms with Crippen LogP contribution in [0.2, 0.25) is 0 Å². The molecule has 1 aliphatic rings. The number of nitrogens with two attached hydrogens (primary N) is 2. The van der Waals surface area contributed by atoms with Crippen LogP contribution in [-0.4, -0.2) is 123 Å². The van der Waals surface area contributed by atoms with Gasteiger partial charge in [0.2, 0.25) is 23.6 Å². The zero-order chi connectivity index (χ0) is 36.7. The van der Waals surface area contributed by atoms with Crippen LogP contribution in [0.15, 0.2) is 29.8 Å². The summed E-state index contributed by atoms with van der Waals surface area (Å²) in [7, 11) is 0. The molecule has 0 spiro atoms. The van der Waals surface area contributed by atoms with Gasteiger partial charge in [-0.25, -0.2) is 4.98 Å². The highest BCUT2D eigenvalue weighted by Crippen LogP contribution is 2.34. The van der Waals surface area contributed by atoms with E-state index < -0.39 is 53.2 Å². The van der Waals surface area contributed by atoms with Crippen LogP contribution in [-0.2, 0) is 49.4 Å². The highest BCUT2D eigenvalue weighted by atomic mass is 32.1. The Morgan fingerprint density at radius 3 is 2.06 bits per heavy atom.